The van der Waals surface area contributed by atoms with Crippen LogP contribution in [0.25, 0.3) is 0 Å². The van der Waals surface area contributed by atoms with E-state index in [-0.39, 0.29) is 30.9 Å². The average molecular weight is 404 g/mol. The normalized spacial score (nSPS) is 11.4. The predicted molar refractivity (Wildman–Crippen MR) is 107 cm³/mol. The number of methoxy groups -OCH3 is 2. The summed E-state index contributed by atoms with van der Waals surface area (Å²) in [6, 6.07) is 8.59. The van der Waals surface area contributed by atoms with E-state index >= 15 is 0 Å². The highest BCUT2D eigenvalue weighted by Gasteiger charge is 2.18. The highest BCUT2D eigenvalue weighted by molar-refractivity contribution is 6.00. The summed E-state index contributed by atoms with van der Waals surface area (Å²) in [5, 5.41) is 26.1. The zero-order chi connectivity index (χ0) is 21.4. The number of carbonyl (C=O) groups is 1. The van der Waals surface area contributed by atoms with Crippen LogP contribution in [0, 0.1) is 10.1 Å². The quantitative estimate of drug-likeness (QED) is 0.342. The summed E-state index contributed by atoms with van der Waals surface area (Å²) in [5.41, 5.74) is 6.51. The first-order valence-corrected chi connectivity index (χ1v) is 8.78. The Labute approximate surface area is 167 Å². The fourth-order valence-corrected chi connectivity index (χ4v) is 2.63. The minimum atomic E-state index is -0.582. The number of aliphatic hydroxyl groups excluding tert-OH is 1. The second kappa shape index (κ2) is 10.2. The number of benzene rings is 2. The van der Waals surface area contributed by atoms with Gasteiger partial charge in [-0.05, 0) is 23.8 Å². The summed E-state index contributed by atoms with van der Waals surface area (Å²) in [7, 11) is 3.04. The minimum Gasteiger partial charge on any atom is -0.493 e. The number of nitrogens with one attached hydrogen (secondary N) is 2. The molecule has 1 unspecified atom stereocenters. The number of non-ortho nitro benzene ring substituents is 1. The molecule has 10 nitrogen and oxygen atoms in total. The molecule has 0 fully saturated rings. The van der Waals surface area contributed by atoms with Gasteiger partial charge in [0.1, 0.15) is 0 Å². The van der Waals surface area contributed by atoms with Gasteiger partial charge in [0, 0.05) is 30.9 Å². The van der Waals surface area contributed by atoms with Crippen LogP contribution in [-0.4, -0.2) is 49.4 Å². The van der Waals surface area contributed by atoms with Gasteiger partial charge in [-0.3, -0.25) is 14.9 Å². The molecule has 0 saturated heterocycles. The van der Waals surface area contributed by atoms with Gasteiger partial charge in [0.2, 0.25) is 0 Å². The van der Waals surface area contributed by atoms with Crippen molar-refractivity contribution in [1.82, 2.24) is 5.32 Å². The number of anilines is 1. The van der Waals surface area contributed by atoms with E-state index in [1.54, 1.807) is 18.2 Å². The molecule has 29 heavy (non-hydrogen) atoms. The zero-order valence-corrected chi connectivity index (χ0v) is 16.2. The molecule has 1 atom stereocenters. The van der Waals surface area contributed by atoms with Crippen LogP contribution in [0.15, 0.2) is 36.4 Å². The van der Waals surface area contributed by atoms with E-state index in [2.05, 4.69) is 10.6 Å². The molecule has 0 bridgehead atoms. The maximum absolute atomic E-state index is 12.7. The van der Waals surface area contributed by atoms with Crippen molar-refractivity contribution in [3.63, 3.8) is 0 Å². The Morgan fingerprint density at radius 1 is 1.21 bits per heavy atom. The fraction of sp³-hybridized carbons (Fsp3) is 0.316. The van der Waals surface area contributed by atoms with Crippen molar-refractivity contribution in [3.05, 3.63) is 57.6 Å². The van der Waals surface area contributed by atoms with Crippen LogP contribution < -0.4 is 25.8 Å². The second-order valence-electron chi connectivity index (χ2n) is 6.12. The van der Waals surface area contributed by atoms with Gasteiger partial charge in [-0.2, -0.15) is 0 Å². The van der Waals surface area contributed by atoms with Crippen molar-refractivity contribution in [2.75, 3.05) is 32.7 Å². The van der Waals surface area contributed by atoms with E-state index in [4.69, 9.17) is 15.2 Å². The number of nitro groups is 1. The minimum absolute atomic E-state index is 0.0755. The number of carbonyl (C=O) groups excluding carboxylic acids is 1. The summed E-state index contributed by atoms with van der Waals surface area (Å²) >= 11 is 0. The van der Waals surface area contributed by atoms with E-state index in [1.807, 2.05) is 0 Å². The van der Waals surface area contributed by atoms with Crippen molar-refractivity contribution in [3.8, 4) is 11.5 Å². The smallest absolute Gasteiger partial charge is 0.270 e. The number of hydrogen-bond donors (Lipinski definition) is 4. The van der Waals surface area contributed by atoms with Crippen LogP contribution in [0.2, 0.25) is 0 Å². The number of nitro benzene ring substituents is 1. The number of ether oxygens (including phenoxy) is 2. The van der Waals surface area contributed by atoms with Crippen molar-refractivity contribution in [2.45, 2.75) is 12.6 Å². The standard InChI is InChI=1S/C19H24N4O6/c1-28-17-6-3-12(7-18(17)29-2)10-21-19(25)15-8-14(23(26)27)4-5-16(15)22-13(9-20)11-24/h3-8,13,22,24H,9-11,20H2,1-2H3,(H,21,25). The van der Waals surface area contributed by atoms with Gasteiger partial charge < -0.3 is 30.9 Å². The molecule has 0 aliphatic rings. The first kappa shape index (κ1) is 21.9. The van der Waals surface area contributed by atoms with Crippen molar-refractivity contribution < 1.29 is 24.3 Å². The van der Waals surface area contributed by atoms with Gasteiger partial charge in [0.15, 0.2) is 11.5 Å². The molecule has 0 radical (unpaired) electrons. The van der Waals surface area contributed by atoms with E-state index < -0.39 is 16.9 Å². The number of rotatable bonds is 10. The third-order valence-corrected chi connectivity index (χ3v) is 4.22. The van der Waals surface area contributed by atoms with Gasteiger partial charge in [0.05, 0.1) is 37.4 Å². The number of nitrogens with zero attached hydrogens (tertiary/aromatic N) is 1. The number of hydrogen-bond acceptors (Lipinski definition) is 8. The second-order valence-corrected chi connectivity index (χ2v) is 6.12. The van der Waals surface area contributed by atoms with Gasteiger partial charge in [-0.25, -0.2) is 0 Å². The van der Waals surface area contributed by atoms with E-state index in [0.29, 0.717) is 17.2 Å². The molecule has 0 heterocycles. The van der Waals surface area contributed by atoms with Crippen LogP contribution in [0.4, 0.5) is 11.4 Å². The van der Waals surface area contributed by atoms with Crippen molar-refractivity contribution in [2.24, 2.45) is 5.73 Å². The molecule has 2 aromatic carbocycles. The van der Waals surface area contributed by atoms with Gasteiger partial charge in [-0.15, -0.1) is 0 Å². The molecule has 2 aromatic rings. The molecule has 0 saturated carbocycles. The van der Waals surface area contributed by atoms with Crippen molar-refractivity contribution in [1.29, 1.82) is 0 Å². The SMILES string of the molecule is COc1ccc(CNC(=O)c2cc([N+](=O)[O-])ccc2NC(CN)CO)cc1OC. The Balaban J connectivity index is 2.23. The van der Waals surface area contributed by atoms with Crippen LogP contribution in [0.3, 0.4) is 0 Å². The molecule has 10 heteroatoms. The molecule has 0 aliphatic carbocycles. The highest BCUT2D eigenvalue weighted by atomic mass is 16.6. The Hall–Kier alpha value is -3.37. The third kappa shape index (κ3) is 5.56. The Bertz CT molecular complexity index is 870. The zero-order valence-electron chi connectivity index (χ0n) is 16.2. The maximum atomic E-state index is 12.7. The maximum Gasteiger partial charge on any atom is 0.270 e. The van der Waals surface area contributed by atoms with Crippen molar-refractivity contribution >= 4 is 17.3 Å². The molecule has 156 valence electrons. The molecule has 5 N–H and O–H groups in total. The molecule has 0 aliphatic heterocycles. The molecule has 0 aromatic heterocycles. The summed E-state index contributed by atoms with van der Waals surface area (Å²) < 4.78 is 10.4. The lowest BCUT2D eigenvalue weighted by molar-refractivity contribution is -0.384. The lowest BCUT2D eigenvalue weighted by Gasteiger charge is -2.18. The topological polar surface area (TPSA) is 149 Å². The molecular weight excluding hydrogens is 380 g/mol. The predicted octanol–water partition coefficient (Wildman–Crippen LogP) is 1.27. The molecule has 2 rings (SSSR count). The first-order valence-electron chi connectivity index (χ1n) is 8.78. The Morgan fingerprint density at radius 3 is 2.52 bits per heavy atom. The largest absolute Gasteiger partial charge is 0.493 e. The van der Waals surface area contributed by atoms with Crippen LogP contribution in [0.1, 0.15) is 15.9 Å². The van der Waals surface area contributed by atoms with E-state index in [0.717, 1.165) is 5.56 Å². The van der Waals surface area contributed by atoms with Crippen LogP contribution >= 0.6 is 0 Å². The summed E-state index contributed by atoms with van der Waals surface area (Å²) in [5.74, 6) is 0.565. The van der Waals surface area contributed by atoms with E-state index in [9.17, 15) is 20.0 Å². The summed E-state index contributed by atoms with van der Waals surface area (Å²) in [6.45, 7) is 0.0437. The lowest BCUT2D eigenvalue weighted by Crippen LogP contribution is -2.33. The molecule has 1 amide bonds. The monoisotopic (exact) mass is 404 g/mol. The average Bonchev–Trinajstić information content (AvgIpc) is 2.75. The van der Waals surface area contributed by atoms with Gasteiger partial charge in [0.25, 0.3) is 11.6 Å². The summed E-state index contributed by atoms with van der Waals surface area (Å²) in [4.78, 5) is 23.2. The van der Waals surface area contributed by atoms with Crippen LogP contribution in [0.5, 0.6) is 11.5 Å². The van der Waals surface area contributed by atoms with E-state index in [1.165, 1.54) is 32.4 Å². The fourth-order valence-electron chi connectivity index (χ4n) is 2.63. The molecule has 0 spiro atoms. The highest BCUT2D eigenvalue weighted by Crippen LogP contribution is 2.28. The Morgan fingerprint density at radius 2 is 1.93 bits per heavy atom. The lowest BCUT2D eigenvalue weighted by atomic mass is 10.1. The summed E-state index contributed by atoms with van der Waals surface area (Å²) in [6.07, 6.45) is 0. The van der Waals surface area contributed by atoms with Crippen LogP contribution in [-0.2, 0) is 6.54 Å². The number of nitrogens with two attached hydrogens (primary N) is 1. The number of aliphatic hydroxyl groups is 1. The number of amides is 1. The first-order chi connectivity index (χ1) is 13.9. The van der Waals surface area contributed by atoms with Gasteiger partial charge >= 0.3 is 0 Å². The van der Waals surface area contributed by atoms with Gasteiger partial charge in [-0.1, -0.05) is 6.07 Å². The third-order valence-electron chi connectivity index (χ3n) is 4.22. The Kier molecular flexibility index (Phi) is 7.75. The molecular formula is C19H24N4O6.